The molecule has 110 valence electrons. The van der Waals surface area contributed by atoms with Crippen molar-refractivity contribution in [2.75, 3.05) is 13.1 Å². The van der Waals surface area contributed by atoms with E-state index in [1.54, 1.807) is 16.2 Å². The molecule has 1 aliphatic rings. The second-order valence-electron chi connectivity index (χ2n) is 4.76. The molecule has 1 saturated heterocycles. The first kappa shape index (κ1) is 14.8. The summed E-state index contributed by atoms with van der Waals surface area (Å²) in [5.74, 6) is -0.0978. The van der Waals surface area contributed by atoms with E-state index in [0.29, 0.717) is 19.6 Å². The third-order valence-corrected chi connectivity index (χ3v) is 4.08. The molecule has 1 aliphatic heterocycles. The highest BCUT2D eigenvalue weighted by Crippen LogP contribution is 2.17. The molecule has 20 heavy (non-hydrogen) atoms. The van der Waals surface area contributed by atoms with Crippen molar-refractivity contribution in [3.05, 3.63) is 16.1 Å². The Morgan fingerprint density at radius 1 is 1.50 bits per heavy atom. The SMILES string of the molecule is CCNC(=O)N1CCCC1C(=O)NCc1csc(C)n1. The van der Waals surface area contributed by atoms with Gasteiger partial charge in [-0.1, -0.05) is 0 Å². The van der Waals surface area contributed by atoms with Crippen LogP contribution in [0.1, 0.15) is 30.5 Å². The van der Waals surface area contributed by atoms with Gasteiger partial charge in [-0.3, -0.25) is 4.79 Å². The summed E-state index contributed by atoms with van der Waals surface area (Å²) in [4.78, 5) is 30.0. The maximum atomic E-state index is 12.2. The van der Waals surface area contributed by atoms with E-state index in [9.17, 15) is 9.59 Å². The molecule has 1 atom stereocenters. The lowest BCUT2D eigenvalue weighted by Gasteiger charge is -2.23. The number of carbonyl (C=O) groups is 2. The van der Waals surface area contributed by atoms with Crippen LogP contribution in [0.25, 0.3) is 0 Å². The van der Waals surface area contributed by atoms with Crippen molar-refractivity contribution in [1.29, 1.82) is 0 Å². The Balaban J connectivity index is 1.89. The van der Waals surface area contributed by atoms with Gasteiger partial charge >= 0.3 is 6.03 Å². The predicted molar refractivity (Wildman–Crippen MR) is 77.5 cm³/mol. The Morgan fingerprint density at radius 2 is 2.30 bits per heavy atom. The number of hydrogen-bond donors (Lipinski definition) is 2. The quantitative estimate of drug-likeness (QED) is 0.878. The summed E-state index contributed by atoms with van der Waals surface area (Å²) in [5, 5.41) is 8.53. The van der Waals surface area contributed by atoms with E-state index in [4.69, 9.17) is 0 Å². The molecule has 1 aromatic heterocycles. The highest BCUT2D eigenvalue weighted by Gasteiger charge is 2.33. The van der Waals surface area contributed by atoms with E-state index in [2.05, 4.69) is 15.6 Å². The Labute approximate surface area is 122 Å². The summed E-state index contributed by atoms with van der Waals surface area (Å²) < 4.78 is 0. The second-order valence-corrected chi connectivity index (χ2v) is 5.82. The molecule has 2 rings (SSSR count). The highest BCUT2D eigenvalue weighted by atomic mass is 32.1. The fraction of sp³-hybridized carbons (Fsp3) is 0.615. The smallest absolute Gasteiger partial charge is 0.318 e. The van der Waals surface area contributed by atoms with E-state index < -0.39 is 0 Å². The maximum absolute atomic E-state index is 12.2. The van der Waals surface area contributed by atoms with Crippen molar-refractivity contribution in [2.24, 2.45) is 0 Å². The molecule has 0 spiro atoms. The third kappa shape index (κ3) is 3.47. The van der Waals surface area contributed by atoms with Crippen LogP contribution in [0.3, 0.4) is 0 Å². The molecule has 0 aliphatic carbocycles. The highest BCUT2D eigenvalue weighted by molar-refractivity contribution is 7.09. The molecular formula is C13H20N4O2S. The summed E-state index contributed by atoms with van der Waals surface area (Å²) in [5.41, 5.74) is 0.864. The summed E-state index contributed by atoms with van der Waals surface area (Å²) in [7, 11) is 0. The number of carbonyl (C=O) groups excluding carboxylic acids is 2. The first-order valence-corrected chi connectivity index (χ1v) is 7.73. The lowest BCUT2D eigenvalue weighted by atomic mass is 10.2. The summed E-state index contributed by atoms with van der Waals surface area (Å²) in [6, 6.07) is -0.518. The van der Waals surface area contributed by atoms with E-state index in [-0.39, 0.29) is 18.0 Å². The molecule has 0 saturated carbocycles. The number of rotatable bonds is 4. The Bertz CT molecular complexity index is 488. The molecule has 2 N–H and O–H groups in total. The second kappa shape index (κ2) is 6.69. The predicted octanol–water partition coefficient (Wildman–Crippen LogP) is 1.26. The molecule has 3 amide bonds. The van der Waals surface area contributed by atoms with E-state index >= 15 is 0 Å². The van der Waals surface area contributed by atoms with E-state index in [0.717, 1.165) is 23.5 Å². The Morgan fingerprint density at radius 3 is 2.95 bits per heavy atom. The summed E-state index contributed by atoms with van der Waals surface area (Å²) >= 11 is 1.56. The molecule has 0 aromatic carbocycles. The molecule has 0 radical (unpaired) electrons. The Kier molecular flexibility index (Phi) is 4.94. The first-order valence-electron chi connectivity index (χ1n) is 6.85. The number of aromatic nitrogens is 1. The summed E-state index contributed by atoms with van der Waals surface area (Å²) in [6.45, 7) is 5.43. The molecule has 0 bridgehead atoms. The molecule has 2 heterocycles. The standard InChI is InChI=1S/C13H20N4O2S/c1-3-14-13(19)17-6-4-5-11(17)12(18)15-7-10-8-20-9(2)16-10/h8,11H,3-7H2,1-2H3,(H,14,19)(H,15,18). The number of aryl methyl sites for hydroxylation is 1. The van der Waals surface area contributed by atoms with Crippen molar-refractivity contribution < 1.29 is 9.59 Å². The van der Waals surface area contributed by atoms with E-state index in [1.807, 2.05) is 19.2 Å². The van der Waals surface area contributed by atoms with Crippen LogP contribution in [-0.2, 0) is 11.3 Å². The van der Waals surface area contributed by atoms with Gasteiger partial charge < -0.3 is 15.5 Å². The van der Waals surface area contributed by atoms with Gasteiger partial charge in [0.05, 0.1) is 17.2 Å². The average Bonchev–Trinajstić information content (AvgIpc) is 3.05. The number of thiazole rings is 1. The fourth-order valence-corrected chi connectivity index (χ4v) is 2.93. The minimum absolute atomic E-state index is 0.0978. The number of likely N-dealkylation sites (tertiary alicyclic amines) is 1. The third-order valence-electron chi connectivity index (χ3n) is 3.25. The summed E-state index contributed by atoms with van der Waals surface area (Å²) in [6.07, 6.45) is 1.59. The van der Waals surface area contributed by atoms with Gasteiger partial charge in [0.1, 0.15) is 6.04 Å². The van der Waals surface area contributed by atoms with Gasteiger partial charge in [0.15, 0.2) is 0 Å². The van der Waals surface area contributed by atoms with Crippen LogP contribution in [0.15, 0.2) is 5.38 Å². The van der Waals surface area contributed by atoms with Crippen molar-refractivity contribution in [2.45, 2.75) is 39.3 Å². The van der Waals surface area contributed by atoms with Crippen molar-refractivity contribution in [3.8, 4) is 0 Å². The zero-order valence-electron chi connectivity index (χ0n) is 11.8. The fourth-order valence-electron chi connectivity index (χ4n) is 2.32. The number of urea groups is 1. The van der Waals surface area contributed by atoms with Crippen LogP contribution in [0, 0.1) is 6.92 Å². The van der Waals surface area contributed by atoms with Crippen LogP contribution >= 0.6 is 11.3 Å². The minimum Gasteiger partial charge on any atom is -0.349 e. The van der Waals surface area contributed by atoms with Gasteiger partial charge in [0.2, 0.25) is 5.91 Å². The van der Waals surface area contributed by atoms with Gasteiger partial charge in [-0.05, 0) is 26.7 Å². The molecule has 1 unspecified atom stereocenters. The van der Waals surface area contributed by atoms with Crippen LogP contribution in [0.2, 0.25) is 0 Å². The number of amides is 3. The van der Waals surface area contributed by atoms with Gasteiger partial charge in [0, 0.05) is 18.5 Å². The zero-order valence-corrected chi connectivity index (χ0v) is 12.6. The van der Waals surface area contributed by atoms with Gasteiger partial charge in [-0.15, -0.1) is 11.3 Å². The topological polar surface area (TPSA) is 74.3 Å². The first-order chi connectivity index (χ1) is 9.61. The molecule has 6 nitrogen and oxygen atoms in total. The Hall–Kier alpha value is -1.63. The van der Waals surface area contributed by atoms with E-state index in [1.165, 1.54) is 0 Å². The van der Waals surface area contributed by atoms with Crippen molar-refractivity contribution >= 4 is 23.3 Å². The number of nitrogens with one attached hydrogen (secondary N) is 2. The van der Waals surface area contributed by atoms with Crippen LogP contribution in [-0.4, -0.2) is 41.0 Å². The molecule has 1 aromatic rings. The molecule has 1 fully saturated rings. The van der Waals surface area contributed by atoms with Gasteiger partial charge in [0.25, 0.3) is 0 Å². The zero-order chi connectivity index (χ0) is 14.5. The number of hydrogen-bond acceptors (Lipinski definition) is 4. The van der Waals surface area contributed by atoms with Gasteiger partial charge in [-0.2, -0.15) is 0 Å². The van der Waals surface area contributed by atoms with Gasteiger partial charge in [-0.25, -0.2) is 9.78 Å². The largest absolute Gasteiger partial charge is 0.349 e. The normalized spacial score (nSPS) is 18.1. The monoisotopic (exact) mass is 296 g/mol. The van der Waals surface area contributed by atoms with Crippen molar-refractivity contribution in [1.82, 2.24) is 20.5 Å². The lowest BCUT2D eigenvalue weighted by molar-refractivity contribution is -0.124. The lowest BCUT2D eigenvalue weighted by Crippen LogP contribution is -2.49. The van der Waals surface area contributed by atoms with Crippen LogP contribution in [0.5, 0.6) is 0 Å². The van der Waals surface area contributed by atoms with Crippen LogP contribution < -0.4 is 10.6 Å². The maximum Gasteiger partial charge on any atom is 0.318 e. The minimum atomic E-state index is -0.360. The van der Waals surface area contributed by atoms with Crippen LogP contribution in [0.4, 0.5) is 4.79 Å². The number of nitrogens with zero attached hydrogens (tertiary/aromatic N) is 2. The van der Waals surface area contributed by atoms with Crippen molar-refractivity contribution in [3.63, 3.8) is 0 Å². The average molecular weight is 296 g/mol. The molecule has 7 heteroatoms. The molecular weight excluding hydrogens is 276 g/mol.